The molecule has 0 heterocycles. The molecular formula is C15H18F4IN3OS. The molecule has 1 aromatic rings. The van der Waals surface area contributed by atoms with Crippen molar-refractivity contribution in [1.82, 2.24) is 0 Å². The topological polar surface area (TPSA) is 79.2 Å². The van der Waals surface area contributed by atoms with Gasteiger partial charge >= 0.3 is 6.18 Å². The van der Waals surface area contributed by atoms with Crippen LogP contribution in [0.1, 0.15) is 26.3 Å². The van der Waals surface area contributed by atoms with Crippen LogP contribution in [0.25, 0.3) is 0 Å². The summed E-state index contributed by atoms with van der Waals surface area (Å²) in [5.74, 6) is -1.26. The lowest BCUT2D eigenvalue weighted by Gasteiger charge is -2.32. The Labute approximate surface area is 158 Å². The van der Waals surface area contributed by atoms with Crippen LogP contribution in [-0.2, 0) is 15.3 Å². The Kier molecular flexibility index (Phi) is 6.51. The minimum atomic E-state index is -4.67. The van der Waals surface area contributed by atoms with Gasteiger partial charge in [-0.15, -0.1) is 0 Å². The third-order valence-corrected chi connectivity index (χ3v) is 7.45. The summed E-state index contributed by atoms with van der Waals surface area (Å²) in [5, 5.41) is 9.24. The van der Waals surface area contributed by atoms with Crippen LogP contribution in [0.4, 0.5) is 17.6 Å². The Bertz CT molecular complexity index is 806. The molecule has 1 aromatic carbocycles. The van der Waals surface area contributed by atoms with E-state index in [0.717, 1.165) is 0 Å². The lowest BCUT2D eigenvalue weighted by molar-refractivity contribution is -0.117. The molecule has 0 aliphatic rings. The van der Waals surface area contributed by atoms with Crippen molar-refractivity contribution in [2.75, 3.05) is 12.3 Å². The van der Waals surface area contributed by atoms with E-state index in [4.69, 9.17) is 5.73 Å². The van der Waals surface area contributed by atoms with Gasteiger partial charge in [0.15, 0.2) is 0 Å². The van der Waals surface area contributed by atoms with E-state index in [2.05, 4.69) is 4.36 Å². The van der Waals surface area contributed by atoms with E-state index in [-0.39, 0.29) is 5.56 Å². The average Bonchev–Trinajstić information content (AvgIpc) is 2.46. The molecule has 0 saturated carbocycles. The van der Waals surface area contributed by atoms with Gasteiger partial charge in [0, 0.05) is 9.13 Å². The second-order valence-electron chi connectivity index (χ2n) is 6.35. The Morgan fingerprint density at radius 1 is 1.32 bits per heavy atom. The first kappa shape index (κ1) is 22.1. The number of rotatable bonds is 5. The van der Waals surface area contributed by atoms with E-state index in [9.17, 15) is 27.0 Å². The second-order valence-corrected chi connectivity index (χ2v) is 10.4. The van der Waals surface area contributed by atoms with Crippen LogP contribution in [0.3, 0.4) is 0 Å². The quantitative estimate of drug-likeness (QED) is 0.501. The van der Waals surface area contributed by atoms with Gasteiger partial charge in [-0.05, 0) is 61.6 Å². The zero-order valence-electron chi connectivity index (χ0n) is 13.8. The highest BCUT2D eigenvalue weighted by atomic mass is 127. The van der Waals surface area contributed by atoms with Crippen LogP contribution in [0, 0.1) is 20.7 Å². The lowest BCUT2D eigenvalue weighted by Crippen LogP contribution is -2.46. The highest BCUT2D eigenvalue weighted by Crippen LogP contribution is 2.31. The van der Waals surface area contributed by atoms with Gasteiger partial charge in [0.2, 0.25) is 0 Å². The minimum Gasteiger partial charge on any atom is -0.321 e. The number of benzene rings is 1. The molecule has 0 fully saturated rings. The molecule has 4 nitrogen and oxygen atoms in total. The highest BCUT2D eigenvalue weighted by Gasteiger charge is 2.40. The lowest BCUT2D eigenvalue weighted by atomic mass is 9.95. The van der Waals surface area contributed by atoms with Crippen molar-refractivity contribution < 1.29 is 21.8 Å². The van der Waals surface area contributed by atoms with Crippen molar-refractivity contribution in [3.8, 4) is 6.07 Å². The third-order valence-electron chi connectivity index (χ3n) is 3.56. The summed E-state index contributed by atoms with van der Waals surface area (Å²) in [6.45, 7) is 2.16. The molecule has 25 heavy (non-hydrogen) atoms. The molecule has 0 spiro atoms. The zero-order chi connectivity index (χ0) is 19.7. The number of alkyl halides is 3. The summed E-state index contributed by atoms with van der Waals surface area (Å²) in [4.78, 5) is 0. The molecule has 0 saturated heterocycles. The van der Waals surface area contributed by atoms with Gasteiger partial charge in [-0.3, -0.25) is 0 Å². The van der Waals surface area contributed by atoms with E-state index in [1.54, 1.807) is 6.07 Å². The molecular weight excluding hydrogens is 473 g/mol. The zero-order valence-corrected chi connectivity index (χ0v) is 16.8. The first-order valence-corrected chi connectivity index (χ1v) is 9.82. The smallest absolute Gasteiger partial charge is 0.321 e. The molecule has 0 aliphatic carbocycles. The van der Waals surface area contributed by atoms with Gasteiger partial charge in [-0.25, -0.2) is 13.0 Å². The van der Waals surface area contributed by atoms with E-state index in [1.807, 2.05) is 22.6 Å². The average molecular weight is 491 g/mol. The van der Waals surface area contributed by atoms with Gasteiger partial charge in [0.1, 0.15) is 17.1 Å². The Morgan fingerprint density at radius 3 is 2.36 bits per heavy atom. The van der Waals surface area contributed by atoms with Crippen molar-refractivity contribution >= 4 is 32.3 Å². The third kappa shape index (κ3) is 5.52. The Hall–Kier alpha value is -0.930. The predicted molar refractivity (Wildman–Crippen MR) is 96.7 cm³/mol. The number of halogens is 5. The summed E-state index contributed by atoms with van der Waals surface area (Å²) in [7, 11) is -3.74. The molecule has 0 amide bonds. The number of nitriles is 1. The first-order chi connectivity index (χ1) is 11.1. The van der Waals surface area contributed by atoms with E-state index < -0.39 is 44.3 Å². The largest absolute Gasteiger partial charge is 0.408 e. The van der Waals surface area contributed by atoms with Crippen LogP contribution < -0.4 is 5.73 Å². The standard InChI is InChI=1S/C15H18F4IN3OS/c1-13(2,7-21)25(24,23-8-15(17,18)19)9-14(3,22)11-6-10(20)4-5-12(11)16/h4-6H,8-9,22H2,1-3H3/t14-,25-/m0/s1. The fourth-order valence-electron chi connectivity index (χ4n) is 2.06. The van der Waals surface area contributed by atoms with E-state index in [0.29, 0.717) is 3.57 Å². The van der Waals surface area contributed by atoms with Gasteiger partial charge in [-0.1, -0.05) is 0 Å². The number of hydrogen-bond donors (Lipinski definition) is 1. The number of nitrogens with two attached hydrogens (primary N) is 1. The molecule has 0 aliphatic heterocycles. The molecule has 0 bridgehead atoms. The summed E-state index contributed by atoms with van der Waals surface area (Å²) in [6.07, 6.45) is -4.67. The summed E-state index contributed by atoms with van der Waals surface area (Å²) >= 11 is 1.93. The number of hydrogen-bond acceptors (Lipinski definition) is 4. The van der Waals surface area contributed by atoms with Crippen LogP contribution in [0.2, 0.25) is 0 Å². The maximum atomic E-state index is 14.1. The van der Waals surface area contributed by atoms with Gasteiger partial charge in [-0.2, -0.15) is 18.4 Å². The van der Waals surface area contributed by atoms with Crippen molar-refractivity contribution in [2.45, 2.75) is 37.2 Å². The fraction of sp³-hybridized carbons (Fsp3) is 0.533. The van der Waals surface area contributed by atoms with E-state index in [1.165, 1.54) is 39.0 Å². The Balaban J connectivity index is 3.47. The maximum Gasteiger partial charge on any atom is 0.408 e. The van der Waals surface area contributed by atoms with Crippen LogP contribution in [-0.4, -0.2) is 27.4 Å². The molecule has 0 radical (unpaired) electrons. The first-order valence-electron chi connectivity index (χ1n) is 7.06. The van der Waals surface area contributed by atoms with Gasteiger partial charge in [0.25, 0.3) is 0 Å². The van der Waals surface area contributed by atoms with Crippen molar-refractivity contribution in [2.24, 2.45) is 10.1 Å². The summed E-state index contributed by atoms with van der Waals surface area (Å²) in [6, 6.07) is 5.83. The predicted octanol–water partition coefficient (Wildman–Crippen LogP) is 3.94. The van der Waals surface area contributed by atoms with E-state index >= 15 is 0 Å². The van der Waals surface area contributed by atoms with Crippen molar-refractivity contribution in [3.05, 3.63) is 33.1 Å². The monoisotopic (exact) mass is 491 g/mol. The molecule has 140 valence electrons. The fourth-order valence-corrected chi connectivity index (χ4v) is 4.79. The van der Waals surface area contributed by atoms with Crippen molar-refractivity contribution in [1.29, 1.82) is 5.26 Å². The van der Waals surface area contributed by atoms with Gasteiger partial charge < -0.3 is 5.73 Å². The Morgan fingerprint density at radius 2 is 1.88 bits per heavy atom. The summed E-state index contributed by atoms with van der Waals surface area (Å²) in [5.41, 5.74) is 4.54. The molecule has 1 rings (SSSR count). The maximum absolute atomic E-state index is 14.1. The van der Waals surface area contributed by atoms with Crippen LogP contribution in [0.15, 0.2) is 22.6 Å². The normalized spacial score (nSPS) is 17.3. The van der Waals surface area contributed by atoms with Gasteiger partial charge in [0.05, 0.1) is 27.1 Å². The number of nitrogens with zero attached hydrogens (tertiary/aromatic N) is 2. The molecule has 2 atom stereocenters. The molecule has 0 aromatic heterocycles. The minimum absolute atomic E-state index is 0.00285. The van der Waals surface area contributed by atoms with Crippen molar-refractivity contribution in [3.63, 3.8) is 0 Å². The molecule has 2 N–H and O–H groups in total. The second kappa shape index (κ2) is 7.36. The SMILES string of the molecule is CC(C)(C#N)[S@@](=O)(C[C@](C)(N)c1cc(I)ccc1F)=NCC(F)(F)F. The van der Waals surface area contributed by atoms with Crippen LogP contribution >= 0.6 is 22.6 Å². The molecule has 10 heteroatoms. The molecule has 0 unspecified atom stereocenters. The highest BCUT2D eigenvalue weighted by molar-refractivity contribution is 14.1. The van der Waals surface area contributed by atoms with Crippen LogP contribution in [0.5, 0.6) is 0 Å². The summed E-state index contributed by atoms with van der Waals surface area (Å²) < 4.78 is 67.3.